The molecule has 2 aromatic rings. The number of fused-ring (bicyclic) bond motifs is 1. The lowest BCUT2D eigenvalue weighted by atomic mass is 9.76. The molecular formula is C21H31N7O. The van der Waals surface area contributed by atoms with Crippen molar-refractivity contribution in [3.63, 3.8) is 0 Å². The third-order valence-electron chi connectivity index (χ3n) is 6.40. The molecule has 2 atom stereocenters. The first kappa shape index (κ1) is 19.8. The molecule has 2 aliphatic rings. The summed E-state index contributed by atoms with van der Waals surface area (Å²) >= 11 is 0. The van der Waals surface area contributed by atoms with Gasteiger partial charge in [0.1, 0.15) is 6.54 Å². The summed E-state index contributed by atoms with van der Waals surface area (Å²) in [4.78, 5) is 17.5. The van der Waals surface area contributed by atoms with Crippen LogP contribution >= 0.6 is 0 Å². The molecule has 1 aromatic carbocycles. The van der Waals surface area contributed by atoms with Gasteiger partial charge >= 0.3 is 0 Å². The summed E-state index contributed by atoms with van der Waals surface area (Å²) in [5.74, 6) is 1.40. The molecule has 1 amide bonds. The number of rotatable bonds is 7. The summed E-state index contributed by atoms with van der Waals surface area (Å²) in [7, 11) is 0. The maximum atomic E-state index is 12.9. The van der Waals surface area contributed by atoms with E-state index in [1.54, 1.807) is 0 Å². The van der Waals surface area contributed by atoms with Crippen molar-refractivity contribution in [2.24, 2.45) is 17.3 Å². The highest BCUT2D eigenvalue weighted by molar-refractivity contribution is 5.76. The van der Waals surface area contributed by atoms with Crippen LogP contribution in [-0.4, -0.2) is 68.6 Å². The number of nitrogens with two attached hydrogens (primary N) is 1. The molecule has 3 heterocycles. The lowest BCUT2D eigenvalue weighted by molar-refractivity contribution is -0.131. The van der Waals surface area contributed by atoms with Gasteiger partial charge in [0.05, 0.1) is 0 Å². The van der Waals surface area contributed by atoms with Crippen molar-refractivity contribution in [1.82, 2.24) is 30.0 Å². The van der Waals surface area contributed by atoms with E-state index in [0.717, 1.165) is 45.6 Å². The number of tetrazole rings is 1. The van der Waals surface area contributed by atoms with Gasteiger partial charge in [-0.3, -0.25) is 4.79 Å². The molecule has 0 aliphatic carbocycles. The Kier molecular flexibility index (Phi) is 5.54. The zero-order valence-electron chi connectivity index (χ0n) is 17.4. The third-order valence-corrected chi connectivity index (χ3v) is 6.40. The SMILES string of the molecule is CC(C)CN1CC2CN(C(=O)Cn3nnnc3N)CC2(CCc2ccccc2)C1. The van der Waals surface area contributed by atoms with Crippen LogP contribution < -0.4 is 5.73 Å². The Morgan fingerprint density at radius 1 is 1.24 bits per heavy atom. The molecule has 8 nitrogen and oxygen atoms in total. The molecule has 0 saturated carbocycles. The highest BCUT2D eigenvalue weighted by Crippen LogP contribution is 2.46. The van der Waals surface area contributed by atoms with E-state index in [1.807, 2.05) is 4.90 Å². The number of anilines is 1. The van der Waals surface area contributed by atoms with Crippen molar-refractivity contribution >= 4 is 11.9 Å². The number of carbonyl (C=O) groups excluding carboxylic acids is 1. The first-order valence-corrected chi connectivity index (χ1v) is 10.5. The van der Waals surface area contributed by atoms with Crippen molar-refractivity contribution in [3.05, 3.63) is 35.9 Å². The fourth-order valence-electron chi connectivity index (χ4n) is 5.08. The maximum Gasteiger partial charge on any atom is 0.244 e. The molecule has 2 N–H and O–H groups in total. The van der Waals surface area contributed by atoms with Crippen molar-refractivity contribution in [1.29, 1.82) is 0 Å². The topological polar surface area (TPSA) is 93.2 Å². The summed E-state index contributed by atoms with van der Waals surface area (Å²) in [5.41, 5.74) is 7.26. The summed E-state index contributed by atoms with van der Waals surface area (Å²) < 4.78 is 1.37. The van der Waals surface area contributed by atoms with Crippen LogP contribution in [0.1, 0.15) is 25.8 Å². The molecule has 0 spiro atoms. The standard InChI is InChI=1S/C21H31N7O/c1-16(2)10-26-11-18-12-27(19(29)13-28-20(22)23-24-25-28)15-21(18,14-26)9-8-17-6-4-3-5-7-17/h3-7,16,18H,8-15H2,1-2H3,(H2,22,23,25). The van der Waals surface area contributed by atoms with Crippen LogP contribution in [0.2, 0.25) is 0 Å². The van der Waals surface area contributed by atoms with E-state index < -0.39 is 0 Å². The van der Waals surface area contributed by atoms with Gasteiger partial charge in [-0.2, -0.15) is 0 Å². The Hall–Kier alpha value is -2.48. The highest BCUT2D eigenvalue weighted by atomic mass is 16.2. The second-order valence-electron chi connectivity index (χ2n) is 9.10. The molecule has 2 fully saturated rings. The molecule has 156 valence electrons. The predicted octanol–water partition coefficient (Wildman–Crippen LogP) is 1.30. The van der Waals surface area contributed by atoms with Gasteiger partial charge in [0.25, 0.3) is 0 Å². The van der Waals surface area contributed by atoms with Crippen LogP contribution in [0.3, 0.4) is 0 Å². The number of likely N-dealkylation sites (tertiary alicyclic amines) is 2. The Labute approximate surface area is 172 Å². The molecule has 2 saturated heterocycles. The molecule has 1 aromatic heterocycles. The smallest absolute Gasteiger partial charge is 0.244 e. The van der Waals surface area contributed by atoms with E-state index in [9.17, 15) is 4.79 Å². The molecule has 8 heteroatoms. The number of aryl methyl sites for hydroxylation is 1. The molecule has 0 radical (unpaired) electrons. The van der Waals surface area contributed by atoms with E-state index in [4.69, 9.17) is 5.73 Å². The molecule has 4 rings (SSSR count). The number of nitrogen functional groups attached to an aromatic ring is 1. The van der Waals surface area contributed by atoms with Gasteiger partial charge in [-0.1, -0.05) is 49.3 Å². The molecule has 0 bridgehead atoms. The van der Waals surface area contributed by atoms with Crippen LogP contribution in [0, 0.1) is 17.3 Å². The van der Waals surface area contributed by atoms with Crippen LogP contribution in [0.5, 0.6) is 0 Å². The lowest BCUT2D eigenvalue weighted by Gasteiger charge is -2.30. The van der Waals surface area contributed by atoms with Crippen LogP contribution in [0.25, 0.3) is 0 Å². The third kappa shape index (κ3) is 4.27. The quantitative estimate of drug-likeness (QED) is 0.757. The molecule has 2 unspecified atom stereocenters. The number of nitrogens with zero attached hydrogens (tertiary/aromatic N) is 6. The van der Waals surface area contributed by atoms with E-state index in [1.165, 1.54) is 10.2 Å². The minimum atomic E-state index is 0.0490. The van der Waals surface area contributed by atoms with Crippen molar-refractivity contribution in [2.75, 3.05) is 38.5 Å². The predicted molar refractivity (Wildman–Crippen MR) is 111 cm³/mol. The van der Waals surface area contributed by atoms with Crippen molar-refractivity contribution in [3.8, 4) is 0 Å². The maximum absolute atomic E-state index is 12.9. The second-order valence-corrected chi connectivity index (χ2v) is 9.10. The molecule has 29 heavy (non-hydrogen) atoms. The number of benzene rings is 1. The van der Waals surface area contributed by atoms with E-state index in [0.29, 0.717) is 11.8 Å². The van der Waals surface area contributed by atoms with Gasteiger partial charge in [0.15, 0.2) is 0 Å². The van der Waals surface area contributed by atoms with E-state index in [2.05, 4.69) is 64.6 Å². The normalized spacial score (nSPS) is 24.4. The first-order valence-electron chi connectivity index (χ1n) is 10.5. The lowest BCUT2D eigenvalue weighted by Crippen LogP contribution is -2.39. The van der Waals surface area contributed by atoms with Gasteiger partial charge in [-0.15, -0.1) is 0 Å². The fraction of sp³-hybridized carbons (Fsp3) is 0.619. The Morgan fingerprint density at radius 3 is 2.72 bits per heavy atom. The Morgan fingerprint density at radius 2 is 2.03 bits per heavy atom. The van der Waals surface area contributed by atoms with Crippen LogP contribution in [0.4, 0.5) is 5.95 Å². The van der Waals surface area contributed by atoms with Gasteiger partial charge in [0, 0.05) is 38.1 Å². The minimum absolute atomic E-state index is 0.0490. The largest absolute Gasteiger partial charge is 0.367 e. The van der Waals surface area contributed by atoms with Crippen LogP contribution in [0.15, 0.2) is 30.3 Å². The number of hydrogen-bond acceptors (Lipinski definition) is 6. The fourth-order valence-corrected chi connectivity index (χ4v) is 5.08. The highest BCUT2D eigenvalue weighted by Gasteiger charge is 2.52. The Balaban J connectivity index is 1.46. The average Bonchev–Trinajstić information content (AvgIpc) is 3.33. The number of carbonyl (C=O) groups is 1. The molecular weight excluding hydrogens is 366 g/mol. The van der Waals surface area contributed by atoms with Crippen molar-refractivity contribution < 1.29 is 4.79 Å². The van der Waals surface area contributed by atoms with Gasteiger partial charge in [-0.25, -0.2) is 4.68 Å². The second kappa shape index (κ2) is 8.10. The van der Waals surface area contributed by atoms with Gasteiger partial charge < -0.3 is 15.5 Å². The van der Waals surface area contributed by atoms with E-state index in [-0.39, 0.29) is 23.8 Å². The molecule has 2 aliphatic heterocycles. The number of hydrogen-bond donors (Lipinski definition) is 1. The monoisotopic (exact) mass is 397 g/mol. The minimum Gasteiger partial charge on any atom is -0.367 e. The summed E-state index contributed by atoms with van der Waals surface area (Å²) in [6.45, 7) is 9.54. The number of aromatic nitrogens is 4. The zero-order valence-corrected chi connectivity index (χ0v) is 17.4. The van der Waals surface area contributed by atoms with E-state index >= 15 is 0 Å². The first-order chi connectivity index (χ1) is 13.9. The van der Waals surface area contributed by atoms with Gasteiger partial charge in [0.2, 0.25) is 11.9 Å². The van der Waals surface area contributed by atoms with Crippen LogP contribution in [-0.2, 0) is 17.8 Å². The zero-order chi connectivity index (χ0) is 20.4. The number of amides is 1. The summed E-state index contributed by atoms with van der Waals surface area (Å²) in [5, 5.41) is 11.0. The summed E-state index contributed by atoms with van der Waals surface area (Å²) in [6, 6.07) is 10.7. The van der Waals surface area contributed by atoms with Gasteiger partial charge in [-0.05, 0) is 40.7 Å². The average molecular weight is 398 g/mol. The van der Waals surface area contributed by atoms with Crippen molar-refractivity contribution in [2.45, 2.75) is 33.2 Å². The summed E-state index contributed by atoms with van der Waals surface area (Å²) in [6.07, 6.45) is 2.15. The Bertz CT molecular complexity index is 837.